The average Bonchev–Trinajstić information content (AvgIpc) is 2.19. The van der Waals surface area contributed by atoms with Gasteiger partial charge in [-0.2, -0.15) is 0 Å². The minimum Gasteiger partial charge on any atom is -0.381 e. The molecule has 1 aliphatic heterocycles. The Morgan fingerprint density at radius 1 is 1.71 bits per heavy atom. The van der Waals surface area contributed by atoms with Crippen LogP contribution in [0.15, 0.2) is 0 Å². The fourth-order valence-corrected chi connectivity index (χ4v) is 1.87. The van der Waals surface area contributed by atoms with Gasteiger partial charge >= 0.3 is 0 Å². The van der Waals surface area contributed by atoms with Crippen LogP contribution in [-0.2, 0) is 9.53 Å². The number of halogens is 1. The Bertz CT molecular complexity index is 181. The molecule has 0 radical (unpaired) electrons. The molecule has 1 aliphatic rings. The van der Waals surface area contributed by atoms with Gasteiger partial charge in [0.25, 0.3) is 0 Å². The van der Waals surface area contributed by atoms with E-state index in [0.29, 0.717) is 12.5 Å². The average molecular weight is 220 g/mol. The molecule has 2 atom stereocenters. The summed E-state index contributed by atoms with van der Waals surface area (Å²) in [5.74, 6) is 0.742. The normalized spacial score (nSPS) is 24.3. The number of carbonyl (C=O) groups excluding carboxylic acids is 1. The second-order valence-corrected chi connectivity index (χ2v) is 4.18. The first kappa shape index (κ1) is 11.8. The summed E-state index contributed by atoms with van der Waals surface area (Å²) in [4.78, 5) is 11.6. The Hall–Kier alpha value is -0.280. The number of amides is 1. The zero-order valence-electron chi connectivity index (χ0n) is 8.59. The number of nitrogens with one attached hydrogen (secondary N) is 1. The minimum atomic E-state index is 0.0431. The number of alkyl halides is 1. The topological polar surface area (TPSA) is 38.3 Å². The maximum atomic E-state index is 11.6. The molecule has 0 bridgehead atoms. The molecule has 0 aromatic heterocycles. The van der Waals surface area contributed by atoms with Crippen molar-refractivity contribution in [2.75, 3.05) is 19.1 Å². The first-order valence-electron chi connectivity index (χ1n) is 5.18. The lowest BCUT2D eigenvalue weighted by Crippen LogP contribution is -2.40. The Morgan fingerprint density at radius 2 is 2.50 bits per heavy atom. The van der Waals surface area contributed by atoms with Gasteiger partial charge in [-0.3, -0.25) is 4.79 Å². The van der Waals surface area contributed by atoms with Gasteiger partial charge in [-0.1, -0.05) is 0 Å². The first-order valence-corrected chi connectivity index (χ1v) is 5.71. The van der Waals surface area contributed by atoms with Gasteiger partial charge in [-0.15, -0.1) is 11.6 Å². The van der Waals surface area contributed by atoms with Crippen LogP contribution in [0, 0.1) is 5.92 Å². The second kappa shape index (κ2) is 6.25. The van der Waals surface area contributed by atoms with Crippen molar-refractivity contribution in [2.24, 2.45) is 5.92 Å². The smallest absolute Gasteiger partial charge is 0.225 e. The Balaban J connectivity index is 2.25. The van der Waals surface area contributed by atoms with E-state index >= 15 is 0 Å². The van der Waals surface area contributed by atoms with Crippen LogP contribution < -0.4 is 5.32 Å². The molecular formula is C10H18ClNO2. The van der Waals surface area contributed by atoms with Gasteiger partial charge in [-0.05, 0) is 26.2 Å². The third-order valence-electron chi connectivity index (χ3n) is 2.46. The molecule has 1 saturated heterocycles. The van der Waals surface area contributed by atoms with Gasteiger partial charge in [0.2, 0.25) is 5.91 Å². The Morgan fingerprint density at radius 3 is 3.07 bits per heavy atom. The van der Waals surface area contributed by atoms with Gasteiger partial charge in [0, 0.05) is 18.5 Å². The highest BCUT2D eigenvalue weighted by atomic mass is 35.5. The van der Waals surface area contributed by atoms with Gasteiger partial charge in [0.15, 0.2) is 0 Å². The summed E-state index contributed by atoms with van der Waals surface area (Å²) in [5.41, 5.74) is 0. The maximum absolute atomic E-state index is 11.6. The van der Waals surface area contributed by atoms with E-state index < -0.39 is 0 Å². The molecule has 1 rings (SSSR count). The lowest BCUT2D eigenvalue weighted by atomic mass is 10.0. The Kier molecular flexibility index (Phi) is 5.26. The van der Waals surface area contributed by atoms with Crippen LogP contribution >= 0.6 is 11.6 Å². The first-order chi connectivity index (χ1) is 6.74. The van der Waals surface area contributed by atoms with E-state index in [-0.39, 0.29) is 17.9 Å². The quantitative estimate of drug-likeness (QED) is 0.729. The number of hydrogen-bond acceptors (Lipinski definition) is 2. The van der Waals surface area contributed by atoms with Crippen LogP contribution in [0.2, 0.25) is 0 Å². The SMILES string of the molecule is CC(CCCl)NC(=O)C1CCCOC1. The molecule has 3 nitrogen and oxygen atoms in total. The molecule has 1 N–H and O–H groups in total. The number of hydrogen-bond donors (Lipinski definition) is 1. The fourth-order valence-electron chi connectivity index (χ4n) is 1.54. The molecule has 82 valence electrons. The predicted octanol–water partition coefficient (Wildman–Crippen LogP) is 1.55. The number of rotatable bonds is 4. The lowest BCUT2D eigenvalue weighted by molar-refractivity contribution is -0.129. The van der Waals surface area contributed by atoms with Crippen molar-refractivity contribution in [3.63, 3.8) is 0 Å². The van der Waals surface area contributed by atoms with Crippen molar-refractivity contribution in [1.29, 1.82) is 0 Å². The maximum Gasteiger partial charge on any atom is 0.225 e. The van der Waals surface area contributed by atoms with Crippen LogP contribution in [0.25, 0.3) is 0 Å². The molecule has 14 heavy (non-hydrogen) atoms. The van der Waals surface area contributed by atoms with Crippen molar-refractivity contribution in [3.05, 3.63) is 0 Å². The zero-order chi connectivity index (χ0) is 10.4. The van der Waals surface area contributed by atoms with Gasteiger partial charge in [0.1, 0.15) is 0 Å². The van der Waals surface area contributed by atoms with Crippen molar-refractivity contribution >= 4 is 17.5 Å². The van der Waals surface area contributed by atoms with Crippen LogP contribution in [0.5, 0.6) is 0 Å². The molecule has 0 aromatic carbocycles. The van der Waals surface area contributed by atoms with Crippen LogP contribution in [0.4, 0.5) is 0 Å². The highest BCUT2D eigenvalue weighted by molar-refractivity contribution is 6.17. The zero-order valence-corrected chi connectivity index (χ0v) is 9.35. The van der Waals surface area contributed by atoms with E-state index in [9.17, 15) is 4.79 Å². The van der Waals surface area contributed by atoms with Crippen molar-refractivity contribution in [2.45, 2.75) is 32.2 Å². The van der Waals surface area contributed by atoms with Crippen LogP contribution in [0.1, 0.15) is 26.2 Å². The van der Waals surface area contributed by atoms with Crippen molar-refractivity contribution in [1.82, 2.24) is 5.32 Å². The van der Waals surface area contributed by atoms with E-state index in [1.165, 1.54) is 0 Å². The second-order valence-electron chi connectivity index (χ2n) is 3.80. The summed E-state index contributed by atoms with van der Waals surface area (Å²) >= 11 is 5.59. The van der Waals surface area contributed by atoms with Crippen LogP contribution in [0.3, 0.4) is 0 Å². The summed E-state index contributed by atoms with van der Waals surface area (Å²) in [6, 6.07) is 0.168. The van der Waals surface area contributed by atoms with E-state index in [0.717, 1.165) is 25.9 Å². The predicted molar refractivity (Wildman–Crippen MR) is 56.5 cm³/mol. The van der Waals surface area contributed by atoms with Gasteiger partial charge in [0.05, 0.1) is 12.5 Å². The van der Waals surface area contributed by atoms with Crippen LogP contribution in [-0.4, -0.2) is 31.0 Å². The largest absolute Gasteiger partial charge is 0.381 e. The minimum absolute atomic E-state index is 0.0431. The highest BCUT2D eigenvalue weighted by Crippen LogP contribution is 2.13. The molecular weight excluding hydrogens is 202 g/mol. The summed E-state index contributed by atoms with van der Waals surface area (Å²) in [6.45, 7) is 3.34. The molecule has 4 heteroatoms. The third-order valence-corrected chi connectivity index (χ3v) is 2.68. The summed E-state index contributed by atoms with van der Waals surface area (Å²) in [7, 11) is 0. The van der Waals surface area contributed by atoms with E-state index in [1.54, 1.807) is 0 Å². The standard InChI is InChI=1S/C10H18ClNO2/c1-8(4-5-11)12-10(13)9-3-2-6-14-7-9/h8-9H,2-7H2,1H3,(H,12,13). The fraction of sp³-hybridized carbons (Fsp3) is 0.900. The molecule has 0 aromatic rings. The molecule has 1 fully saturated rings. The molecule has 0 saturated carbocycles. The van der Waals surface area contributed by atoms with Crippen molar-refractivity contribution < 1.29 is 9.53 Å². The van der Waals surface area contributed by atoms with Crippen molar-refractivity contribution in [3.8, 4) is 0 Å². The molecule has 1 heterocycles. The number of ether oxygens (including phenoxy) is 1. The molecule has 1 amide bonds. The third kappa shape index (κ3) is 3.84. The van der Waals surface area contributed by atoms with E-state index in [4.69, 9.17) is 16.3 Å². The Labute approximate surface area is 90.1 Å². The molecule has 0 aliphatic carbocycles. The lowest BCUT2D eigenvalue weighted by Gasteiger charge is -2.23. The monoisotopic (exact) mass is 219 g/mol. The summed E-state index contributed by atoms with van der Waals surface area (Å²) < 4.78 is 5.26. The molecule has 2 unspecified atom stereocenters. The number of carbonyl (C=O) groups is 1. The van der Waals surface area contributed by atoms with E-state index in [2.05, 4.69) is 5.32 Å². The summed E-state index contributed by atoms with van der Waals surface area (Å²) in [6.07, 6.45) is 2.75. The van der Waals surface area contributed by atoms with E-state index in [1.807, 2.05) is 6.92 Å². The van der Waals surface area contributed by atoms with Gasteiger partial charge in [-0.25, -0.2) is 0 Å². The highest BCUT2D eigenvalue weighted by Gasteiger charge is 2.22. The van der Waals surface area contributed by atoms with Gasteiger partial charge < -0.3 is 10.1 Å². The summed E-state index contributed by atoms with van der Waals surface area (Å²) in [5, 5.41) is 2.95. The molecule has 0 spiro atoms.